The molecule has 3 aromatic rings. The minimum absolute atomic E-state index is 0.764. The predicted molar refractivity (Wildman–Crippen MR) is 78.9 cm³/mol. The molecule has 3 rings (SSSR count). The number of aryl methyl sites for hydroxylation is 1. The van der Waals surface area contributed by atoms with Gasteiger partial charge < -0.3 is 9.73 Å². The molecule has 2 aromatic heterocycles. The molecule has 0 aliphatic rings. The van der Waals surface area contributed by atoms with E-state index in [9.17, 15) is 0 Å². The molecule has 1 aromatic carbocycles. The molecule has 0 bridgehead atoms. The van der Waals surface area contributed by atoms with Crippen molar-refractivity contribution in [1.82, 2.24) is 15.1 Å². The summed E-state index contributed by atoms with van der Waals surface area (Å²) < 4.78 is 8.48. The lowest BCUT2D eigenvalue weighted by Gasteiger charge is -2.00. The van der Waals surface area contributed by atoms with Gasteiger partial charge in [-0.15, -0.1) is 0 Å². The van der Waals surface area contributed by atoms with Crippen LogP contribution < -0.4 is 5.32 Å². The predicted octanol–water partition coefficient (Wildman–Crippen LogP) is 3.32. The number of hydrogen-bond acceptors (Lipinski definition) is 3. The lowest BCUT2D eigenvalue weighted by atomic mass is 10.1. The molecule has 0 aliphatic carbocycles. The molecular formula is C14H14BrN3O. The minimum atomic E-state index is 0.764. The summed E-state index contributed by atoms with van der Waals surface area (Å²) in [6.45, 7) is 0.764. The first-order chi connectivity index (χ1) is 9.22. The summed E-state index contributed by atoms with van der Waals surface area (Å²) in [5.74, 6) is 0. The Balaban J connectivity index is 2.19. The molecule has 5 heteroatoms. The van der Waals surface area contributed by atoms with Crippen LogP contribution in [0.4, 0.5) is 0 Å². The zero-order chi connectivity index (χ0) is 13.4. The van der Waals surface area contributed by atoms with Crippen molar-refractivity contribution >= 4 is 26.9 Å². The topological polar surface area (TPSA) is 43.0 Å². The molecule has 0 fully saturated rings. The Morgan fingerprint density at radius 1 is 1.37 bits per heavy atom. The number of benzene rings is 1. The van der Waals surface area contributed by atoms with Crippen LogP contribution in [-0.2, 0) is 13.6 Å². The summed E-state index contributed by atoms with van der Waals surface area (Å²) in [5, 5.41) is 8.82. The van der Waals surface area contributed by atoms with Crippen molar-refractivity contribution < 1.29 is 4.42 Å². The van der Waals surface area contributed by atoms with Gasteiger partial charge in [0.05, 0.1) is 10.2 Å². The second kappa shape index (κ2) is 4.83. The van der Waals surface area contributed by atoms with E-state index in [2.05, 4.69) is 26.3 Å². The van der Waals surface area contributed by atoms with Crippen molar-refractivity contribution in [3.05, 3.63) is 40.7 Å². The van der Waals surface area contributed by atoms with Crippen molar-refractivity contribution in [3.8, 4) is 11.3 Å². The fraction of sp³-hybridized carbons (Fsp3) is 0.214. The number of nitrogens with one attached hydrogen (secondary N) is 1. The average Bonchev–Trinajstić information content (AvgIpc) is 2.95. The van der Waals surface area contributed by atoms with Crippen molar-refractivity contribution in [2.75, 3.05) is 7.05 Å². The summed E-state index contributed by atoms with van der Waals surface area (Å²) in [7, 11) is 3.87. The van der Waals surface area contributed by atoms with Crippen LogP contribution in [0.15, 0.2) is 39.4 Å². The van der Waals surface area contributed by atoms with E-state index in [1.165, 1.54) is 0 Å². The van der Waals surface area contributed by atoms with Crippen molar-refractivity contribution in [1.29, 1.82) is 0 Å². The van der Waals surface area contributed by atoms with E-state index in [0.717, 1.165) is 38.9 Å². The Morgan fingerprint density at radius 2 is 2.16 bits per heavy atom. The van der Waals surface area contributed by atoms with Crippen molar-refractivity contribution in [2.45, 2.75) is 6.54 Å². The van der Waals surface area contributed by atoms with Crippen LogP contribution in [0.1, 0.15) is 5.69 Å². The first kappa shape index (κ1) is 12.4. The largest absolute Gasteiger partial charge is 0.464 e. The van der Waals surface area contributed by atoms with Crippen LogP contribution >= 0.6 is 15.9 Å². The quantitative estimate of drug-likeness (QED) is 0.805. The van der Waals surface area contributed by atoms with E-state index in [0.29, 0.717) is 0 Å². The second-order valence-electron chi connectivity index (χ2n) is 4.41. The number of halogens is 1. The molecule has 0 aliphatic heterocycles. The second-order valence-corrected chi connectivity index (χ2v) is 5.20. The van der Waals surface area contributed by atoms with E-state index < -0.39 is 0 Å². The van der Waals surface area contributed by atoms with Crippen LogP contribution in [0, 0.1) is 0 Å². The summed E-state index contributed by atoms with van der Waals surface area (Å²) in [4.78, 5) is 0. The summed E-state index contributed by atoms with van der Waals surface area (Å²) >= 11 is 3.65. The number of nitrogens with zero attached hydrogens (tertiary/aromatic N) is 2. The fourth-order valence-electron chi connectivity index (χ4n) is 2.23. The standard InChI is InChI=1S/C14H14BrN3O/c1-16-7-11-13(15)14(17-18(11)2)10-8-19-12-6-4-3-5-9(10)12/h3-6,8,16H,7H2,1-2H3. The molecule has 0 unspecified atom stereocenters. The number of aromatic nitrogens is 2. The summed E-state index contributed by atoms with van der Waals surface area (Å²) in [5.41, 5.74) is 3.92. The van der Waals surface area contributed by atoms with Crippen molar-refractivity contribution in [3.63, 3.8) is 0 Å². The van der Waals surface area contributed by atoms with Gasteiger partial charge in [0.2, 0.25) is 0 Å². The third-order valence-electron chi connectivity index (χ3n) is 3.18. The normalized spacial score (nSPS) is 11.3. The van der Waals surface area contributed by atoms with Gasteiger partial charge in [-0.3, -0.25) is 4.68 Å². The Bertz CT molecular complexity index is 729. The Hall–Kier alpha value is -1.59. The van der Waals surface area contributed by atoms with Gasteiger partial charge in [0, 0.05) is 24.5 Å². The highest BCUT2D eigenvalue weighted by atomic mass is 79.9. The highest BCUT2D eigenvalue weighted by Gasteiger charge is 2.18. The number of rotatable bonds is 3. The number of fused-ring (bicyclic) bond motifs is 1. The van der Waals surface area contributed by atoms with E-state index >= 15 is 0 Å². The Labute approximate surface area is 119 Å². The first-order valence-electron chi connectivity index (χ1n) is 6.05. The molecule has 0 radical (unpaired) electrons. The fourth-order valence-corrected chi connectivity index (χ4v) is 2.92. The molecule has 4 nitrogen and oxygen atoms in total. The number of hydrogen-bond donors (Lipinski definition) is 1. The van der Waals surface area contributed by atoms with Gasteiger partial charge in [-0.25, -0.2) is 0 Å². The lowest BCUT2D eigenvalue weighted by Crippen LogP contribution is -2.10. The maximum atomic E-state index is 5.58. The monoisotopic (exact) mass is 319 g/mol. The van der Waals surface area contributed by atoms with E-state index in [1.54, 1.807) is 6.26 Å². The highest BCUT2D eigenvalue weighted by Crippen LogP contribution is 2.35. The smallest absolute Gasteiger partial charge is 0.134 e. The maximum Gasteiger partial charge on any atom is 0.134 e. The van der Waals surface area contributed by atoms with Gasteiger partial charge >= 0.3 is 0 Å². The van der Waals surface area contributed by atoms with Gasteiger partial charge in [-0.1, -0.05) is 18.2 Å². The van der Waals surface area contributed by atoms with Gasteiger partial charge in [-0.2, -0.15) is 5.10 Å². The van der Waals surface area contributed by atoms with Crippen LogP contribution in [-0.4, -0.2) is 16.8 Å². The van der Waals surface area contributed by atoms with Crippen LogP contribution in [0.3, 0.4) is 0 Å². The molecule has 98 valence electrons. The highest BCUT2D eigenvalue weighted by molar-refractivity contribution is 9.10. The van der Waals surface area contributed by atoms with Crippen LogP contribution in [0.2, 0.25) is 0 Å². The van der Waals surface area contributed by atoms with E-state index in [1.807, 2.05) is 43.0 Å². The summed E-state index contributed by atoms with van der Waals surface area (Å²) in [6, 6.07) is 7.99. The Morgan fingerprint density at radius 3 is 2.95 bits per heavy atom. The zero-order valence-corrected chi connectivity index (χ0v) is 12.4. The van der Waals surface area contributed by atoms with Gasteiger partial charge in [-0.05, 0) is 29.0 Å². The molecular weight excluding hydrogens is 306 g/mol. The molecule has 19 heavy (non-hydrogen) atoms. The van der Waals surface area contributed by atoms with Gasteiger partial charge in [0.1, 0.15) is 17.5 Å². The van der Waals surface area contributed by atoms with Crippen molar-refractivity contribution in [2.24, 2.45) is 7.05 Å². The SMILES string of the molecule is CNCc1c(Br)c(-c2coc3ccccc23)nn1C. The average molecular weight is 320 g/mol. The third kappa shape index (κ3) is 1.99. The van der Waals surface area contributed by atoms with Gasteiger partial charge in [0.25, 0.3) is 0 Å². The first-order valence-corrected chi connectivity index (χ1v) is 6.84. The zero-order valence-electron chi connectivity index (χ0n) is 10.8. The molecule has 0 saturated heterocycles. The minimum Gasteiger partial charge on any atom is -0.464 e. The van der Waals surface area contributed by atoms with E-state index in [-0.39, 0.29) is 0 Å². The third-order valence-corrected chi connectivity index (χ3v) is 4.02. The Kier molecular flexibility index (Phi) is 3.16. The van der Waals surface area contributed by atoms with Crippen LogP contribution in [0.25, 0.3) is 22.2 Å². The lowest BCUT2D eigenvalue weighted by molar-refractivity contribution is 0.616. The molecule has 0 spiro atoms. The molecule has 2 heterocycles. The molecule has 0 amide bonds. The molecule has 0 atom stereocenters. The maximum absolute atomic E-state index is 5.58. The number of para-hydroxylation sites is 1. The van der Waals surface area contributed by atoms with E-state index in [4.69, 9.17) is 4.42 Å². The molecule has 1 N–H and O–H groups in total. The van der Waals surface area contributed by atoms with Crippen LogP contribution in [0.5, 0.6) is 0 Å². The number of furan rings is 1. The van der Waals surface area contributed by atoms with Gasteiger partial charge in [0.15, 0.2) is 0 Å². The molecule has 0 saturated carbocycles. The summed E-state index contributed by atoms with van der Waals surface area (Å²) in [6.07, 6.45) is 1.76.